The maximum atomic E-state index is 11.9. The molecule has 0 bridgehead atoms. The number of likely N-dealkylation sites (tertiary alicyclic amines) is 1. The van der Waals surface area contributed by atoms with Crippen molar-refractivity contribution < 1.29 is 4.79 Å². The van der Waals surface area contributed by atoms with Gasteiger partial charge >= 0.3 is 216 Å². The van der Waals surface area contributed by atoms with Crippen molar-refractivity contribution in [1.82, 2.24) is 19.8 Å². The monoisotopic (exact) mass is 619 g/mol. The first-order valence-electron chi connectivity index (χ1n) is 13.5. The molecule has 7 heteroatoms. The van der Waals surface area contributed by atoms with Crippen molar-refractivity contribution in [3.63, 3.8) is 0 Å². The van der Waals surface area contributed by atoms with E-state index in [9.17, 15) is 4.79 Å². The van der Waals surface area contributed by atoms with Gasteiger partial charge in [-0.3, -0.25) is 0 Å². The molecule has 2 fully saturated rings. The third kappa shape index (κ3) is 4.86. The third-order valence-corrected chi connectivity index (χ3v) is 12.9. The molecule has 196 valence electrons. The van der Waals surface area contributed by atoms with Crippen molar-refractivity contribution in [2.24, 2.45) is 0 Å². The Hall–Kier alpha value is -3.12. The van der Waals surface area contributed by atoms with Crippen LogP contribution >= 0.6 is 19.8 Å². The second-order valence-corrected chi connectivity index (χ2v) is 16.5. The van der Waals surface area contributed by atoms with E-state index in [-0.39, 0.29) is 5.91 Å². The van der Waals surface area contributed by atoms with Gasteiger partial charge in [-0.1, -0.05) is 0 Å². The SMILES string of the molecule is C=C(c1cc(-c2nc3c([nH]2)CN(C(C)=O)CC3)c(I2CC2)cc1C)N1CCC(c2ccc(C#N)cc2)CC1. The second-order valence-electron chi connectivity index (χ2n) is 10.6. The molecule has 3 aliphatic heterocycles. The molecule has 1 N–H and O–H groups in total. The van der Waals surface area contributed by atoms with E-state index in [1.165, 1.54) is 34.7 Å². The predicted molar refractivity (Wildman–Crippen MR) is 160 cm³/mol. The van der Waals surface area contributed by atoms with Gasteiger partial charge in [-0.2, -0.15) is 5.26 Å². The van der Waals surface area contributed by atoms with Crippen molar-refractivity contribution in [3.8, 4) is 17.5 Å². The average molecular weight is 620 g/mol. The Morgan fingerprint density at radius 1 is 1.13 bits per heavy atom. The Kier molecular flexibility index (Phi) is 6.77. The summed E-state index contributed by atoms with van der Waals surface area (Å²) in [5, 5.41) is 9.10. The number of fused-ring (bicyclic) bond motifs is 1. The number of aromatic amines is 1. The molecule has 6 nitrogen and oxygen atoms in total. The van der Waals surface area contributed by atoms with Crippen LogP contribution < -0.4 is 0 Å². The number of nitrogens with zero attached hydrogens (tertiary/aromatic N) is 4. The first kappa shape index (κ1) is 25.2. The van der Waals surface area contributed by atoms with E-state index < -0.39 is 19.8 Å². The van der Waals surface area contributed by atoms with Crippen LogP contribution in [0.5, 0.6) is 0 Å². The van der Waals surface area contributed by atoms with Crippen LogP contribution in [0.4, 0.5) is 0 Å². The number of imidazole rings is 1. The molecule has 0 atom stereocenters. The Morgan fingerprint density at radius 3 is 2.53 bits per heavy atom. The molecule has 4 heterocycles. The van der Waals surface area contributed by atoms with Crippen molar-refractivity contribution in [3.05, 3.63) is 80.2 Å². The van der Waals surface area contributed by atoms with Gasteiger partial charge in [0, 0.05) is 0 Å². The molecule has 0 saturated carbocycles. The molecular formula is C31H34IN5O. The predicted octanol–water partition coefficient (Wildman–Crippen LogP) is 5.70. The standard InChI is InChI=1S/C31H34IN5O/c1-20-16-28(32-11-12-32)27(31-34-29-10-15-37(22(3)38)19-30(29)35-31)17-26(20)21(2)36-13-8-25(9-14-36)24-6-4-23(18-33)5-7-24/h4-7,16-17,25H,2,8-15,19H2,1,3H3,(H,34,35). The van der Waals surface area contributed by atoms with Crippen LogP contribution in [0.2, 0.25) is 0 Å². The van der Waals surface area contributed by atoms with Crippen molar-refractivity contribution in [2.45, 2.75) is 45.6 Å². The van der Waals surface area contributed by atoms with Gasteiger partial charge in [0.2, 0.25) is 0 Å². The van der Waals surface area contributed by atoms with Gasteiger partial charge in [-0.15, -0.1) is 0 Å². The number of piperidine rings is 1. The summed E-state index contributed by atoms with van der Waals surface area (Å²) in [6.45, 7) is 11.8. The van der Waals surface area contributed by atoms with Crippen LogP contribution in [0.15, 0.2) is 43.0 Å². The third-order valence-electron chi connectivity index (χ3n) is 8.21. The number of aryl methyl sites for hydroxylation is 1. The fourth-order valence-corrected chi connectivity index (χ4v) is 10.7. The molecule has 0 aliphatic carbocycles. The molecule has 0 radical (unpaired) electrons. The number of carbonyl (C=O) groups is 1. The van der Waals surface area contributed by atoms with Crippen LogP contribution in [-0.4, -0.2) is 54.2 Å². The topological polar surface area (TPSA) is 76.0 Å². The van der Waals surface area contributed by atoms with E-state index in [1.54, 1.807) is 6.92 Å². The maximum absolute atomic E-state index is 11.9. The molecule has 2 saturated heterocycles. The number of aromatic nitrogens is 2. The molecule has 0 spiro atoms. The number of amides is 1. The minimum absolute atomic E-state index is 0.121. The van der Waals surface area contributed by atoms with E-state index in [4.69, 9.17) is 10.2 Å². The molecule has 2 aromatic carbocycles. The Balaban J connectivity index is 1.24. The van der Waals surface area contributed by atoms with Gasteiger partial charge in [0.1, 0.15) is 0 Å². The number of alkyl halides is 2. The Bertz CT molecular complexity index is 1440. The van der Waals surface area contributed by atoms with Crippen molar-refractivity contribution in [2.75, 3.05) is 28.5 Å². The van der Waals surface area contributed by atoms with Crippen molar-refractivity contribution >= 4 is 31.4 Å². The quantitative estimate of drug-likeness (QED) is 0.294. The zero-order chi connectivity index (χ0) is 26.4. The summed E-state index contributed by atoms with van der Waals surface area (Å²) in [6.07, 6.45) is 2.98. The number of halogens is 1. The van der Waals surface area contributed by atoms with E-state index in [0.29, 0.717) is 12.5 Å². The second kappa shape index (κ2) is 10.2. The summed E-state index contributed by atoms with van der Waals surface area (Å²) >= 11 is -1.07. The molecule has 6 rings (SSSR count). The van der Waals surface area contributed by atoms with E-state index >= 15 is 0 Å². The van der Waals surface area contributed by atoms with Gasteiger partial charge in [0.25, 0.3) is 0 Å². The number of rotatable bonds is 5. The summed E-state index contributed by atoms with van der Waals surface area (Å²) in [5.74, 6) is 1.61. The summed E-state index contributed by atoms with van der Waals surface area (Å²) < 4.78 is 4.31. The first-order valence-corrected chi connectivity index (χ1v) is 17.6. The number of benzene rings is 2. The summed E-state index contributed by atoms with van der Waals surface area (Å²) in [6, 6.07) is 15.1. The van der Waals surface area contributed by atoms with Gasteiger partial charge in [-0.25, -0.2) is 0 Å². The summed E-state index contributed by atoms with van der Waals surface area (Å²) in [4.78, 5) is 24.9. The number of nitrogens with one attached hydrogen (secondary N) is 1. The molecule has 3 aliphatic rings. The molecule has 38 heavy (non-hydrogen) atoms. The van der Waals surface area contributed by atoms with Crippen molar-refractivity contribution in [1.29, 1.82) is 5.26 Å². The first-order chi connectivity index (χ1) is 18.4. The Labute approximate surface area is 232 Å². The van der Waals surface area contributed by atoms with Crippen LogP contribution in [0, 0.1) is 21.8 Å². The fraction of sp³-hybridized carbons (Fsp3) is 0.387. The molecular weight excluding hydrogens is 585 g/mol. The fourth-order valence-electron chi connectivity index (χ4n) is 5.80. The zero-order valence-electron chi connectivity index (χ0n) is 22.2. The molecule has 3 aromatic rings. The van der Waals surface area contributed by atoms with E-state index in [1.807, 2.05) is 17.0 Å². The van der Waals surface area contributed by atoms with Gasteiger partial charge in [-0.05, 0) is 0 Å². The van der Waals surface area contributed by atoms with E-state index in [0.717, 1.165) is 67.4 Å². The summed E-state index contributed by atoms with van der Waals surface area (Å²) in [5.41, 5.74) is 9.13. The molecule has 0 unspecified atom stereocenters. The van der Waals surface area contributed by atoms with Gasteiger partial charge < -0.3 is 0 Å². The molecule has 1 amide bonds. The van der Waals surface area contributed by atoms with Gasteiger partial charge in [0.15, 0.2) is 0 Å². The normalized spacial score (nSPS) is 18.2. The van der Waals surface area contributed by atoms with Crippen LogP contribution in [0.25, 0.3) is 17.1 Å². The average Bonchev–Trinajstić information content (AvgIpc) is 3.70. The zero-order valence-corrected chi connectivity index (χ0v) is 24.3. The summed E-state index contributed by atoms with van der Waals surface area (Å²) in [7, 11) is 0. The van der Waals surface area contributed by atoms with Crippen LogP contribution in [0.1, 0.15) is 59.3 Å². The number of carbonyl (C=O) groups excluding carboxylic acids is 1. The van der Waals surface area contributed by atoms with Gasteiger partial charge in [0.05, 0.1) is 11.6 Å². The number of H-pyrrole nitrogens is 1. The Morgan fingerprint density at radius 2 is 1.87 bits per heavy atom. The van der Waals surface area contributed by atoms with E-state index in [2.05, 4.69) is 53.7 Å². The van der Waals surface area contributed by atoms with Crippen LogP contribution in [-0.2, 0) is 17.8 Å². The minimum atomic E-state index is -1.07. The number of hydrogen-bond acceptors (Lipinski definition) is 4. The molecule has 1 aromatic heterocycles. The number of nitriles is 1. The van der Waals surface area contributed by atoms with Crippen LogP contribution in [0.3, 0.4) is 0 Å². The number of hydrogen-bond donors (Lipinski definition) is 1.